The molecule has 1 fully saturated rings. The third-order valence-corrected chi connectivity index (χ3v) is 7.75. The van der Waals surface area contributed by atoms with E-state index in [9.17, 15) is 19.2 Å². The highest BCUT2D eigenvalue weighted by molar-refractivity contribution is 8.14. The molecule has 2 amide bonds. The minimum atomic E-state index is -1.35. The molecule has 0 radical (unpaired) electrons. The van der Waals surface area contributed by atoms with Gasteiger partial charge in [-0.2, -0.15) is 0 Å². The van der Waals surface area contributed by atoms with Crippen molar-refractivity contribution in [1.82, 2.24) is 20.4 Å². The average Bonchev–Trinajstić information content (AvgIpc) is 2.88. The number of nitrogens with zero attached hydrogens (tertiary/aromatic N) is 2. The zero-order valence-corrected chi connectivity index (χ0v) is 24.8. The number of nitrogens with one attached hydrogen (secondary N) is 2. The molecule has 0 spiro atoms. The smallest absolute Gasteiger partial charge is 0.331 e. The molecule has 0 aliphatic carbocycles. The van der Waals surface area contributed by atoms with Crippen LogP contribution in [0, 0.1) is 5.92 Å². The SMILES string of the molecule is CCOC(=O)[C@@H](COCc1ccccc1)NC(=O)C(C)(C)NC(=O)[C@@H](SC(=O)CN1CCN(C)CC1)C(C)C. The molecule has 39 heavy (non-hydrogen) atoms. The fourth-order valence-electron chi connectivity index (χ4n) is 3.91. The van der Waals surface area contributed by atoms with Gasteiger partial charge in [0.25, 0.3) is 0 Å². The topological polar surface area (TPSA) is 117 Å². The lowest BCUT2D eigenvalue weighted by Crippen LogP contribution is -2.60. The molecule has 218 valence electrons. The Morgan fingerprint density at radius 2 is 1.69 bits per heavy atom. The Bertz CT molecular complexity index is 951. The minimum absolute atomic E-state index is 0.0754. The van der Waals surface area contributed by atoms with E-state index in [0.29, 0.717) is 0 Å². The fourth-order valence-corrected chi connectivity index (χ4v) is 4.89. The third-order valence-electron chi connectivity index (χ3n) is 6.35. The van der Waals surface area contributed by atoms with E-state index in [1.807, 2.05) is 44.2 Å². The summed E-state index contributed by atoms with van der Waals surface area (Å²) < 4.78 is 10.8. The van der Waals surface area contributed by atoms with E-state index in [4.69, 9.17) is 9.47 Å². The molecule has 0 unspecified atom stereocenters. The highest BCUT2D eigenvalue weighted by Crippen LogP contribution is 2.22. The number of esters is 1. The van der Waals surface area contributed by atoms with Crippen LogP contribution in [0.5, 0.6) is 0 Å². The van der Waals surface area contributed by atoms with Crippen molar-refractivity contribution in [2.75, 3.05) is 53.0 Å². The first-order valence-electron chi connectivity index (χ1n) is 13.4. The van der Waals surface area contributed by atoms with Gasteiger partial charge in [0.05, 0.1) is 31.6 Å². The molecule has 2 atom stereocenters. The Balaban J connectivity index is 1.96. The molecule has 1 saturated heterocycles. The summed E-state index contributed by atoms with van der Waals surface area (Å²) >= 11 is 1.01. The number of thioether (sulfide) groups is 1. The van der Waals surface area contributed by atoms with Crippen LogP contribution < -0.4 is 10.6 Å². The van der Waals surface area contributed by atoms with E-state index < -0.39 is 34.6 Å². The van der Waals surface area contributed by atoms with Gasteiger partial charge in [-0.15, -0.1) is 0 Å². The number of likely N-dealkylation sites (N-methyl/N-ethyl adjacent to an activating group) is 1. The largest absolute Gasteiger partial charge is 0.464 e. The van der Waals surface area contributed by atoms with Crippen molar-refractivity contribution in [3.8, 4) is 0 Å². The molecule has 0 aromatic heterocycles. The molecule has 0 saturated carbocycles. The number of carbonyl (C=O) groups is 4. The van der Waals surface area contributed by atoms with Gasteiger partial charge in [0.15, 0.2) is 6.04 Å². The Labute approximate surface area is 236 Å². The second-order valence-electron chi connectivity index (χ2n) is 10.6. The van der Waals surface area contributed by atoms with Crippen molar-refractivity contribution >= 4 is 34.7 Å². The number of ether oxygens (including phenoxy) is 2. The Kier molecular flexibility index (Phi) is 13.4. The number of rotatable bonds is 14. The predicted octanol–water partition coefficient (Wildman–Crippen LogP) is 1.68. The zero-order chi connectivity index (χ0) is 29.0. The van der Waals surface area contributed by atoms with Crippen molar-refractivity contribution in [2.24, 2.45) is 5.92 Å². The van der Waals surface area contributed by atoms with Crippen LogP contribution in [-0.4, -0.2) is 103 Å². The molecule has 2 N–H and O–H groups in total. The number of benzene rings is 1. The van der Waals surface area contributed by atoms with Gasteiger partial charge in [-0.05, 0) is 39.3 Å². The predicted molar refractivity (Wildman–Crippen MR) is 152 cm³/mol. The second kappa shape index (κ2) is 16.0. The van der Waals surface area contributed by atoms with Gasteiger partial charge in [0.1, 0.15) is 5.54 Å². The normalized spacial score (nSPS) is 16.4. The zero-order valence-electron chi connectivity index (χ0n) is 24.0. The molecule has 1 aromatic rings. The maximum atomic E-state index is 13.2. The van der Waals surface area contributed by atoms with Gasteiger partial charge in [-0.25, -0.2) is 4.79 Å². The third kappa shape index (κ3) is 11.3. The second-order valence-corrected chi connectivity index (χ2v) is 11.8. The monoisotopic (exact) mass is 564 g/mol. The van der Waals surface area contributed by atoms with Crippen LogP contribution in [0.25, 0.3) is 0 Å². The van der Waals surface area contributed by atoms with Gasteiger partial charge in [-0.3, -0.25) is 19.3 Å². The average molecular weight is 565 g/mol. The number of carbonyl (C=O) groups excluding carboxylic acids is 4. The van der Waals surface area contributed by atoms with E-state index in [-0.39, 0.29) is 37.4 Å². The summed E-state index contributed by atoms with van der Waals surface area (Å²) in [6.45, 7) is 12.6. The minimum Gasteiger partial charge on any atom is -0.464 e. The van der Waals surface area contributed by atoms with Gasteiger partial charge in [0, 0.05) is 26.2 Å². The summed E-state index contributed by atoms with van der Waals surface area (Å²) in [4.78, 5) is 56.0. The lowest BCUT2D eigenvalue weighted by atomic mass is 10.0. The maximum Gasteiger partial charge on any atom is 0.331 e. The molecule has 1 aliphatic rings. The quantitative estimate of drug-likeness (QED) is 0.326. The summed E-state index contributed by atoms with van der Waals surface area (Å²) in [5.41, 5.74) is -0.423. The summed E-state index contributed by atoms with van der Waals surface area (Å²) in [5, 5.41) is 4.70. The van der Waals surface area contributed by atoms with Crippen molar-refractivity contribution < 1.29 is 28.7 Å². The molecule has 11 heteroatoms. The molecule has 2 rings (SSSR count). The Hall–Kier alpha value is -2.47. The van der Waals surface area contributed by atoms with Crippen LogP contribution in [-0.2, 0) is 35.3 Å². The van der Waals surface area contributed by atoms with E-state index in [2.05, 4.69) is 27.5 Å². The molecular formula is C28H44N4O6S. The van der Waals surface area contributed by atoms with Crippen molar-refractivity contribution in [3.05, 3.63) is 35.9 Å². The molecule has 1 aliphatic heterocycles. The van der Waals surface area contributed by atoms with Crippen LogP contribution in [0.3, 0.4) is 0 Å². The summed E-state index contributed by atoms with van der Waals surface area (Å²) in [7, 11) is 2.05. The molecular weight excluding hydrogens is 520 g/mol. The van der Waals surface area contributed by atoms with Gasteiger partial charge < -0.3 is 25.0 Å². The molecule has 0 bridgehead atoms. The fraction of sp³-hybridized carbons (Fsp3) is 0.643. The van der Waals surface area contributed by atoms with Crippen LogP contribution in [0.15, 0.2) is 30.3 Å². The van der Waals surface area contributed by atoms with Crippen LogP contribution in [0.4, 0.5) is 0 Å². The van der Waals surface area contributed by atoms with Gasteiger partial charge in [0.2, 0.25) is 16.9 Å². The van der Waals surface area contributed by atoms with Crippen LogP contribution in [0.2, 0.25) is 0 Å². The first-order valence-corrected chi connectivity index (χ1v) is 14.3. The standard InChI is InChI=1S/C28H44N4O6S/c1-7-38-26(35)22(19-37-18-21-11-9-8-10-12-21)29-27(36)28(4,5)30-25(34)24(20(2)3)39-23(33)17-32-15-13-31(6)14-16-32/h8-12,20,22,24H,7,13-19H2,1-6H3,(H,29,36)(H,30,34)/t22-,24+/m1/s1. The van der Waals surface area contributed by atoms with Crippen LogP contribution >= 0.6 is 11.8 Å². The van der Waals surface area contributed by atoms with Crippen molar-refractivity contribution in [1.29, 1.82) is 0 Å². The Morgan fingerprint density at radius 3 is 2.28 bits per heavy atom. The molecule has 1 aromatic carbocycles. The van der Waals surface area contributed by atoms with Crippen LogP contribution in [0.1, 0.15) is 40.2 Å². The van der Waals surface area contributed by atoms with E-state index in [1.54, 1.807) is 20.8 Å². The van der Waals surface area contributed by atoms with Gasteiger partial charge in [-0.1, -0.05) is 55.9 Å². The number of amides is 2. The lowest BCUT2D eigenvalue weighted by Gasteiger charge is -2.32. The Morgan fingerprint density at radius 1 is 1.05 bits per heavy atom. The summed E-state index contributed by atoms with van der Waals surface area (Å²) in [6, 6.07) is 8.42. The summed E-state index contributed by atoms with van der Waals surface area (Å²) in [6.07, 6.45) is 0. The first-order chi connectivity index (χ1) is 18.4. The number of hydrogen-bond acceptors (Lipinski definition) is 9. The van der Waals surface area contributed by atoms with Crippen molar-refractivity contribution in [2.45, 2.75) is 58.1 Å². The summed E-state index contributed by atoms with van der Waals surface area (Å²) in [5.74, 6) is -1.72. The highest BCUT2D eigenvalue weighted by Gasteiger charge is 2.37. The number of hydrogen-bond donors (Lipinski definition) is 2. The maximum absolute atomic E-state index is 13.2. The van der Waals surface area contributed by atoms with Crippen molar-refractivity contribution in [3.63, 3.8) is 0 Å². The van der Waals surface area contributed by atoms with E-state index >= 15 is 0 Å². The molecule has 10 nitrogen and oxygen atoms in total. The lowest BCUT2D eigenvalue weighted by molar-refractivity contribution is -0.150. The van der Waals surface area contributed by atoms with Gasteiger partial charge >= 0.3 is 5.97 Å². The van der Waals surface area contributed by atoms with E-state index in [0.717, 1.165) is 43.5 Å². The number of piperazine rings is 1. The molecule has 1 heterocycles. The van der Waals surface area contributed by atoms with E-state index in [1.165, 1.54) is 0 Å². The first kappa shape index (κ1) is 32.7. The highest BCUT2D eigenvalue weighted by atomic mass is 32.2.